The van der Waals surface area contributed by atoms with Crippen LogP contribution in [-0.4, -0.2) is 65.7 Å². The van der Waals surface area contributed by atoms with Gasteiger partial charge < -0.3 is 15.7 Å². The molecule has 0 spiro atoms. The molecule has 2 amide bonds. The first kappa shape index (κ1) is 16.4. The highest BCUT2D eigenvalue weighted by atomic mass is 32.2. The molecule has 1 heterocycles. The van der Waals surface area contributed by atoms with E-state index in [1.165, 1.54) is 0 Å². The number of rotatable bonds is 5. The van der Waals surface area contributed by atoms with Gasteiger partial charge in [-0.25, -0.2) is 4.79 Å². The Morgan fingerprint density at radius 1 is 1.38 bits per heavy atom. The number of nitrogens with zero attached hydrogens (tertiary/aromatic N) is 1. The van der Waals surface area contributed by atoms with Crippen LogP contribution < -0.4 is 10.6 Å². The van der Waals surface area contributed by atoms with Crippen LogP contribution in [0.1, 0.15) is 26.2 Å². The Balaban J connectivity index is 1.70. The third-order valence-corrected chi connectivity index (χ3v) is 5.51. The van der Waals surface area contributed by atoms with Gasteiger partial charge in [-0.1, -0.05) is 6.42 Å². The standard InChI is InChI=1S/C14H25N3O3S/c1-14(12(18)19)4-2-3-11(14)16-13(20)15-5-6-17-7-9-21-10-8-17/h11H,2-10H2,1H3,(H,18,19)(H2,15,16,20). The van der Waals surface area contributed by atoms with Crippen molar-refractivity contribution in [3.8, 4) is 0 Å². The number of aliphatic carboxylic acids is 1. The maximum absolute atomic E-state index is 11.9. The largest absolute Gasteiger partial charge is 0.481 e. The van der Waals surface area contributed by atoms with E-state index in [0.717, 1.165) is 44.0 Å². The zero-order valence-electron chi connectivity index (χ0n) is 12.6. The molecule has 0 aromatic carbocycles. The van der Waals surface area contributed by atoms with Crippen LogP contribution in [0.25, 0.3) is 0 Å². The predicted molar refractivity (Wildman–Crippen MR) is 83.7 cm³/mol. The summed E-state index contributed by atoms with van der Waals surface area (Å²) in [5.74, 6) is 1.49. The molecule has 1 saturated heterocycles. The van der Waals surface area contributed by atoms with E-state index in [1.807, 2.05) is 11.8 Å². The van der Waals surface area contributed by atoms with E-state index in [-0.39, 0.29) is 12.1 Å². The zero-order chi connectivity index (χ0) is 15.3. The summed E-state index contributed by atoms with van der Waals surface area (Å²) in [5, 5.41) is 15.0. The highest BCUT2D eigenvalue weighted by molar-refractivity contribution is 7.99. The molecule has 1 aliphatic heterocycles. The van der Waals surface area contributed by atoms with Crippen LogP contribution in [0.15, 0.2) is 0 Å². The van der Waals surface area contributed by atoms with E-state index >= 15 is 0 Å². The van der Waals surface area contributed by atoms with Crippen molar-refractivity contribution in [1.29, 1.82) is 0 Å². The molecular weight excluding hydrogens is 290 g/mol. The van der Waals surface area contributed by atoms with Crippen LogP contribution in [0.4, 0.5) is 4.79 Å². The van der Waals surface area contributed by atoms with E-state index in [1.54, 1.807) is 6.92 Å². The monoisotopic (exact) mass is 315 g/mol. The highest BCUT2D eigenvalue weighted by Gasteiger charge is 2.45. The molecule has 7 heteroatoms. The Morgan fingerprint density at radius 2 is 2.10 bits per heavy atom. The molecule has 2 unspecified atom stereocenters. The van der Waals surface area contributed by atoms with E-state index < -0.39 is 11.4 Å². The normalized spacial score (nSPS) is 30.0. The number of carbonyl (C=O) groups is 2. The average molecular weight is 315 g/mol. The lowest BCUT2D eigenvalue weighted by atomic mass is 9.85. The summed E-state index contributed by atoms with van der Waals surface area (Å²) in [6, 6.07) is -0.526. The molecule has 120 valence electrons. The van der Waals surface area contributed by atoms with Crippen LogP contribution in [0.2, 0.25) is 0 Å². The van der Waals surface area contributed by atoms with Crippen molar-refractivity contribution >= 4 is 23.8 Å². The van der Waals surface area contributed by atoms with Gasteiger partial charge >= 0.3 is 12.0 Å². The summed E-state index contributed by atoms with van der Waals surface area (Å²) in [4.78, 5) is 25.6. The second-order valence-electron chi connectivity index (χ2n) is 6.02. The topological polar surface area (TPSA) is 81.7 Å². The van der Waals surface area contributed by atoms with Gasteiger partial charge in [0.25, 0.3) is 0 Å². The SMILES string of the molecule is CC1(C(=O)O)CCCC1NC(=O)NCCN1CCSCC1. The Labute approximate surface area is 130 Å². The molecule has 0 aromatic heterocycles. The second-order valence-corrected chi connectivity index (χ2v) is 7.25. The first-order valence-corrected chi connectivity index (χ1v) is 8.76. The maximum Gasteiger partial charge on any atom is 0.315 e. The number of hydrogen-bond acceptors (Lipinski definition) is 4. The van der Waals surface area contributed by atoms with Gasteiger partial charge in [-0.15, -0.1) is 0 Å². The minimum Gasteiger partial charge on any atom is -0.481 e. The lowest BCUT2D eigenvalue weighted by Crippen LogP contribution is -2.51. The van der Waals surface area contributed by atoms with Crippen molar-refractivity contribution in [2.75, 3.05) is 37.7 Å². The third kappa shape index (κ3) is 4.26. The van der Waals surface area contributed by atoms with Gasteiger partial charge in [0, 0.05) is 43.7 Å². The number of urea groups is 1. The van der Waals surface area contributed by atoms with E-state index in [9.17, 15) is 14.7 Å². The molecule has 1 saturated carbocycles. The fraction of sp³-hybridized carbons (Fsp3) is 0.857. The van der Waals surface area contributed by atoms with Crippen molar-refractivity contribution in [3.63, 3.8) is 0 Å². The molecule has 2 aliphatic rings. The van der Waals surface area contributed by atoms with Crippen molar-refractivity contribution in [3.05, 3.63) is 0 Å². The Morgan fingerprint density at radius 3 is 2.76 bits per heavy atom. The quantitative estimate of drug-likeness (QED) is 0.704. The summed E-state index contributed by atoms with van der Waals surface area (Å²) in [7, 11) is 0. The molecular formula is C14H25N3O3S. The Hall–Kier alpha value is -0.950. The van der Waals surface area contributed by atoms with Crippen molar-refractivity contribution in [2.24, 2.45) is 5.41 Å². The van der Waals surface area contributed by atoms with E-state index in [0.29, 0.717) is 13.0 Å². The van der Waals surface area contributed by atoms with Crippen molar-refractivity contribution in [2.45, 2.75) is 32.2 Å². The maximum atomic E-state index is 11.9. The fourth-order valence-electron chi connectivity index (χ4n) is 3.02. The van der Waals surface area contributed by atoms with E-state index in [2.05, 4.69) is 15.5 Å². The first-order valence-electron chi connectivity index (χ1n) is 7.60. The van der Waals surface area contributed by atoms with Gasteiger partial charge in [0.05, 0.1) is 5.41 Å². The summed E-state index contributed by atoms with van der Waals surface area (Å²) >= 11 is 1.97. The van der Waals surface area contributed by atoms with Gasteiger partial charge in [0.15, 0.2) is 0 Å². The number of carboxylic acids is 1. The lowest BCUT2D eigenvalue weighted by molar-refractivity contribution is -0.148. The predicted octanol–water partition coefficient (Wildman–Crippen LogP) is 0.978. The number of amides is 2. The number of hydrogen-bond donors (Lipinski definition) is 3. The van der Waals surface area contributed by atoms with Crippen LogP contribution >= 0.6 is 11.8 Å². The summed E-state index contributed by atoms with van der Waals surface area (Å²) in [5.41, 5.74) is -0.832. The summed E-state index contributed by atoms with van der Waals surface area (Å²) in [6.07, 6.45) is 2.21. The average Bonchev–Trinajstić information content (AvgIpc) is 2.83. The summed E-state index contributed by atoms with van der Waals surface area (Å²) in [6.45, 7) is 5.34. The van der Waals surface area contributed by atoms with Crippen LogP contribution in [0, 0.1) is 5.41 Å². The smallest absolute Gasteiger partial charge is 0.315 e. The zero-order valence-corrected chi connectivity index (χ0v) is 13.4. The molecule has 21 heavy (non-hydrogen) atoms. The molecule has 0 radical (unpaired) electrons. The highest BCUT2D eigenvalue weighted by Crippen LogP contribution is 2.38. The number of carboxylic acid groups (broad SMARTS) is 1. The second kappa shape index (κ2) is 7.35. The number of thioether (sulfide) groups is 1. The van der Waals surface area contributed by atoms with Gasteiger partial charge in [0.1, 0.15) is 0 Å². The van der Waals surface area contributed by atoms with Crippen LogP contribution in [0.3, 0.4) is 0 Å². The minimum absolute atomic E-state index is 0.249. The van der Waals surface area contributed by atoms with Crippen molar-refractivity contribution in [1.82, 2.24) is 15.5 Å². The molecule has 0 aromatic rings. The van der Waals surface area contributed by atoms with Gasteiger partial charge in [-0.3, -0.25) is 9.69 Å². The number of carbonyl (C=O) groups excluding carboxylic acids is 1. The van der Waals surface area contributed by atoms with E-state index in [4.69, 9.17) is 0 Å². The fourth-order valence-corrected chi connectivity index (χ4v) is 3.99. The minimum atomic E-state index is -0.832. The lowest BCUT2D eigenvalue weighted by Gasteiger charge is -2.28. The summed E-state index contributed by atoms with van der Waals surface area (Å²) < 4.78 is 0. The third-order valence-electron chi connectivity index (χ3n) is 4.57. The molecule has 3 N–H and O–H groups in total. The van der Waals surface area contributed by atoms with Crippen molar-refractivity contribution < 1.29 is 14.7 Å². The van der Waals surface area contributed by atoms with Crippen LogP contribution in [0.5, 0.6) is 0 Å². The Kier molecular flexibility index (Phi) is 5.75. The first-order chi connectivity index (χ1) is 10.0. The molecule has 1 aliphatic carbocycles. The van der Waals surface area contributed by atoms with Gasteiger partial charge in [0.2, 0.25) is 0 Å². The molecule has 6 nitrogen and oxygen atoms in total. The number of nitrogens with one attached hydrogen (secondary N) is 2. The molecule has 0 bridgehead atoms. The molecule has 2 rings (SSSR count). The van der Waals surface area contributed by atoms with Crippen LogP contribution in [-0.2, 0) is 4.79 Å². The van der Waals surface area contributed by atoms with Gasteiger partial charge in [-0.2, -0.15) is 11.8 Å². The Bertz CT molecular complexity index is 388. The van der Waals surface area contributed by atoms with Gasteiger partial charge in [-0.05, 0) is 19.8 Å². The molecule has 2 atom stereocenters. The molecule has 2 fully saturated rings.